The smallest absolute Gasteiger partial charge is 0.337 e. The summed E-state index contributed by atoms with van der Waals surface area (Å²) in [7, 11) is 1.25. The van der Waals surface area contributed by atoms with Crippen molar-refractivity contribution < 1.29 is 19.1 Å². The van der Waals surface area contributed by atoms with Gasteiger partial charge in [0.2, 0.25) is 0 Å². The minimum atomic E-state index is -0.594. The molecule has 1 atom stereocenters. The number of ketones is 1. The van der Waals surface area contributed by atoms with E-state index in [1.165, 1.54) is 32.2 Å². The highest BCUT2D eigenvalue weighted by atomic mass is 16.5. The first-order valence-electron chi connectivity index (χ1n) is 7.52. The van der Waals surface area contributed by atoms with Gasteiger partial charge < -0.3 is 10.1 Å². The van der Waals surface area contributed by atoms with E-state index >= 15 is 0 Å². The van der Waals surface area contributed by atoms with Gasteiger partial charge in [-0.3, -0.25) is 9.59 Å². The lowest BCUT2D eigenvalue weighted by atomic mass is 10.0. The molecule has 0 aromatic heterocycles. The van der Waals surface area contributed by atoms with Crippen LogP contribution in [-0.2, 0) is 4.74 Å². The average molecular weight is 325 g/mol. The van der Waals surface area contributed by atoms with Crippen LogP contribution in [0.1, 0.15) is 56.5 Å². The monoisotopic (exact) mass is 325 g/mol. The zero-order valence-electron chi connectivity index (χ0n) is 13.8. The lowest BCUT2D eigenvalue weighted by Crippen LogP contribution is -2.27. The maximum atomic E-state index is 12.5. The Balaban J connectivity index is 2.29. The molecule has 1 N–H and O–H groups in total. The van der Waals surface area contributed by atoms with Crippen LogP contribution < -0.4 is 5.32 Å². The molecule has 0 spiro atoms. The molecule has 2 rings (SSSR count). The van der Waals surface area contributed by atoms with Crippen molar-refractivity contribution in [2.24, 2.45) is 0 Å². The fourth-order valence-corrected chi connectivity index (χ4v) is 2.30. The van der Waals surface area contributed by atoms with Crippen LogP contribution in [0.15, 0.2) is 48.5 Å². The Bertz CT molecular complexity index is 768. The molecule has 0 unspecified atom stereocenters. The zero-order chi connectivity index (χ0) is 17.7. The van der Waals surface area contributed by atoms with E-state index < -0.39 is 5.97 Å². The van der Waals surface area contributed by atoms with Gasteiger partial charge in [-0.2, -0.15) is 0 Å². The summed E-state index contributed by atoms with van der Waals surface area (Å²) in [6.45, 7) is 3.24. The minimum Gasteiger partial charge on any atom is -0.465 e. The summed E-state index contributed by atoms with van der Waals surface area (Å²) in [5, 5.41) is 2.86. The first-order chi connectivity index (χ1) is 11.4. The van der Waals surface area contributed by atoms with Gasteiger partial charge in [0, 0.05) is 11.1 Å². The van der Waals surface area contributed by atoms with E-state index in [1.807, 2.05) is 37.3 Å². The molecule has 0 fully saturated rings. The normalized spacial score (nSPS) is 11.5. The number of carbonyl (C=O) groups is 3. The first-order valence-corrected chi connectivity index (χ1v) is 7.52. The van der Waals surface area contributed by atoms with Crippen molar-refractivity contribution in [3.05, 3.63) is 70.8 Å². The van der Waals surface area contributed by atoms with Gasteiger partial charge in [-0.15, -0.1) is 0 Å². The highest BCUT2D eigenvalue weighted by molar-refractivity contribution is 6.03. The second-order valence-electron chi connectivity index (χ2n) is 5.45. The van der Waals surface area contributed by atoms with Crippen LogP contribution in [0, 0.1) is 0 Å². The van der Waals surface area contributed by atoms with Gasteiger partial charge in [0.15, 0.2) is 5.78 Å². The Morgan fingerprint density at radius 2 is 1.54 bits per heavy atom. The van der Waals surface area contributed by atoms with Gasteiger partial charge in [0.1, 0.15) is 0 Å². The van der Waals surface area contributed by atoms with Crippen LogP contribution in [0.3, 0.4) is 0 Å². The van der Waals surface area contributed by atoms with Crippen LogP contribution in [0.25, 0.3) is 0 Å². The molecule has 0 bridgehead atoms. The number of hydrogen-bond acceptors (Lipinski definition) is 4. The van der Waals surface area contributed by atoms with Crippen molar-refractivity contribution in [3.8, 4) is 0 Å². The summed E-state index contributed by atoms with van der Waals surface area (Å²) in [6, 6.07) is 13.6. The van der Waals surface area contributed by atoms with Gasteiger partial charge in [-0.25, -0.2) is 4.79 Å². The molecule has 0 radical (unpaired) electrons. The summed E-state index contributed by atoms with van der Waals surface area (Å²) in [4.78, 5) is 35.9. The minimum absolute atomic E-state index is 0.169. The maximum absolute atomic E-state index is 12.5. The van der Waals surface area contributed by atoms with E-state index in [-0.39, 0.29) is 34.4 Å². The quantitative estimate of drug-likeness (QED) is 0.677. The molecule has 24 heavy (non-hydrogen) atoms. The van der Waals surface area contributed by atoms with E-state index in [4.69, 9.17) is 0 Å². The molecule has 2 aromatic rings. The summed E-state index contributed by atoms with van der Waals surface area (Å²) >= 11 is 0. The van der Waals surface area contributed by atoms with Crippen molar-refractivity contribution in [1.29, 1.82) is 0 Å². The molecule has 0 saturated carbocycles. The lowest BCUT2D eigenvalue weighted by molar-refractivity contribution is 0.0600. The molecule has 0 aliphatic heterocycles. The fourth-order valence-electron chi connectivity index (χ4n) is 2.30. The highest BCUT2D eigenvalue weighted by Crippen LogP contribution is 2.16. The van der Waals surface area contributed by atoms with Crippen LogP contribution in [0.5, 0.6) is 0 Å². The molecular formula is C19H19NO4. The Morgan fingerprint density at radius 1 is 0.958 bits per heavy atom. The number of rotatable bonds is 5. The highest BCUT2D eigenvalue weighted by Gasteiger charge is 2.17. The number of carbonyl (C=O) groups excluding carboxylic acids is 3. The Hall–Kier alpha value is -2.95. The molecule has 2 aromatic carbocycles. The third-order valence-corrected chi connectivity index (χ3v) is 3.67. The zero-order valence-corrected chi connectivity index (χ0v) is 13.8. The molecule has 0 saturated heterocycles. The average Bonchev–Trinajstić information content (AvgIpc) is 2.61. The fraction of sp³-hybridized carbons (Fsp3) is 0.211. The SMILES string of the molecule is COC(=O)c1cc(C(C)=O)cc(C(=O)N[C@H](C)c2ccccc2)c1. The number of ether oxygens (including phenoxy) is 1. The van der Waals surface area contributed by atoms with Crippen LogP contribution in [-0.4, -0.2) is 24.8 Å². The van der Waals surface area contributed by atoms with Crippen molar-refractivity contribution in [2.75, 3.05) is 7.11 Å². The number of nitrogens with one attached hydrogen (secondary N) is 1. The number of benzene rings is 2. The predicted octanol–water partition coefficient (Wildman–Crippen LogP) is 3.17. The first kappa shape index (κ1) is 17.4. The number of Topliss-reactive ketones (excluding diaryl/α,β-unsaturated/α-hetero) is 1. The third kappa shape index (κ3) is 4.07. The third-order valence-electron chi connectivity index (χ3n) is 3.67. The van der Waals surface area contributed by atoms with Crippen molar-refractivity contribution in [1.82, 2.24) is 5.32 Å². The van der Waals surface area contributed by atoms with Crippen LogP contribution >= 0.6 is 0 Å². The van der Waals surface area contributed by atoms with Gasteiger partial charge in [0.05, 0.1) is 18.7 Å². The van der Waals surface area contributed by atoms with Gasteiger partial charge >= 0.3 is 5.97 Å². The number of esters is 1. The van der Waals surface area contributed by atoms with E-state index in [0.29, 0.717) is 0 Å². The Morgan fingerprint density at radius 3 is 2.12 bits per heavy atom. The predicted molar refractivity (Wildman–Crippen MR) is 90.1 cm³/mol. The largest absolute Gasteiger partial charge is 0.465 e. The summed E-state index contributed by atoms with van der Waals surface area (Å²) in [5.74, 6) is -1.19. The molecule has 124 valence electrons. The van der Waals surface area contributed by atoms with Gasteiger partial charge in [-0.05, 0) is 37.6 Å². The molecule has 0 aliphatic rings. The number of methoxy groups -OCH3 is 1. The Labute approximate surface area is 140 Å². The standard InChI is InChI=1S/C19H19NO4/c1-12(14-7-5-4-6-8-14)20-18(22)16-9-15(13(2)21)10-17(11-16)19(23)24-3/h4-12H,1-3H3,(H,20,22)/t12-/m1/s1. The van der Waals surface area contributed by atoms with E-state index in [1.54, 1.807) is 0 Å². The van der Waals surface area contributed by atoms with Gasteiger partial charge in [0.25, 0.3) is 5.91 Å². The number of hydrogen-bond donors (Lipinski definition) is 1. The summed E-state index contributed by atoms with van der Waals surface area (Å²) in [5.41, 5.74) is 1.66. The van der Waals surface area contributed by atoms with E-state index in [9.17, 15) is 14.4 Å². The van der Waals surface area contributed by atoms with Crippen LogP contribution in [0.4, 0.5) is 0 Å². The maximum Gasteiger partial charge on any atom is 0.337 e. The van der Waals surface area contributed by atoms with Crippen molar-refractivity contribution in [3.63, 3.8) is 0 Å². The topological polar surface area (TPSA) is 72.5 Å². The van der Waals surface area contributed by atoms with E-state index in [0.717, 1.165) is 5.56 Å². The second kappa shape index (κ2) is 7.55. The molecule has 0 heterocycles. The summed E-state index contributed by atoms with van der Waals surface area (Å²) in [6.07, 6.45) is 0. The van der Waals surface area contributed by atoms with Gasteiger partial charge in [-0.1, -0.05) is 30.3 Å². The van der Waals surface area contributed by atoms with E-state index in [2.05, 4.69) is 10.1 Å². The Kier molecular flexibility index (Phi) is 5.47. The molecule has 5 nitrogen and oxygen atoms in total. The molecule has 5 heteroatoms. The van der Waals surface area contributed by atoms with Crippen molar-refractivity contribution >= 4 is 17.7 Å². The lowest BCUT2D eigenvalue weighted by Gasteiger charge is -2.15. The van der Waals surface area contributed by atoms with Crippen LogP contribution in [0.2, 0.25) is 0 Å². The molecular weight excluding hydrogens is 306 g/mol. The van der Waals surface area contributed by atoms with Crippen molar-refractivity contribution in [2.45, 2.75) is 19.9 Å². The molecule has 1 amide bonds. The second-order valence-corrected chi connectivity index (χ2v) is 5.45. The molecule has 0 aliphatic carbocycles. The summed E-state index contributed by atoms with van der Waals surface area (Å²) < 4.78 is 4.67. The number of amides is 1.